The largest absolute Gasteiger partial charge is 0.490 e. The number of likely N-dealkylation sites (N-methyl/N-ethyl adjacent to an activating group) is 1. The van der Waals surface area contributed by atoms with Crippen molar-refractivity contribution in [1.29, 1.82) is 0 Å². The second-order valence-corrected chi connectivity index (χ2v) is 7.30. The Morgan fingerprint density at radius 1 is 1.10 bits per heavy atom. The molecule has 7 nitrogen and oxygen atoms in total. The number of anilines is 1. The molecule has 0 N–H and O–H groups in total. The van der Waals surface area contributed by atoms with Gasteiger partial charge in [0.25, 0.3) is 5.91 Å². The fourth-order valence-corrected chi connectivity index (χ4v) is 3.96. The van der Waals surface area contributed by atoms with Crippen molar-refractivity contribution in [2.45, 2.75) is 18.5 Å². The average molecular weight is 415 g/mol. The maximum absolute atomic E-state index is 13.1. The highest BCUT2D eigenvalue weighted by Crippen LogP contribution is 2.44. The van der Waals surface area contributed by atoms with Crippen LogP contribution in [-0.2, 0) is 14.3 Å². The highest BCUT2D eigenvalue weighted by atomic mass is 35.5. The monoisotopic (exact) mass is 414 g/mol. The maximum Gasteiger partial charge on any atom is 0.353 e. The van der Waals surface area contributed by atoms with Crippen LogP contribution in [0.3, 0.4) is 0 Å². The van der Waals surface area contributed by atoms with Gasteiger partial charge in [0.1, 0.15) is 19.0 Å². The summed E-state index contributed by atoms with van der Waals surface area (Å²) in [5.41, 5.74) is -0.643. The number of nitrogens with zero attached hydrogens (tertiary/aromatic N) is 2. The van der Waals surface area contributed by atoms with Crippen molar-refractivity contribution >= 4 is 35.1 Å². The smallest absolute Gasteiger partial charge is 0.353 e. The molecule has 1 atom stereocenters. The molecule has 29 heavy (non-hydrogen) atoms. The Morgan fingerprint density at radius 2 is 1.83 bits per heavy atom. The Labute approximate surface area is 172 Å². The van der Waals surface area contributed by atoms with Crippen molar-refractivity contribution in [3.8, 4) is 5.75 Å². The predicted molar refractivity (Wildman–Crippen MR) is 106 cm³/mol. The van der Waals surface area contributed by atoms with E-state index in [1.54, 1.807) is 48.5 Å². The lowest BCUT2D eigenvalue weighted by atomic mass is 9.97. The van der Waals surface area contributed by atoms with Gasteiger partial charge < -0.3 is 14.4 Å². The second-order valence-electron chi connectivity index (χ2n) is 6.87. The third kappa shape index (κ3) is 3.11. The van der Waals surface area contributed by atoms with Gasteiger partial charge in [0, 0.05) is 24.9 Å². The lowest BCUT2D eigenvalue weighted by Crippen LogP contribution is -2.67. The molecule has 0 aliphatic carbocycles. The summed E-state index contributed by atoms with van der Waals surface area (Å²) < 4.78 is 11.0. The van der Waals surface area contributed by atoms with Crippen LogP contribution in [0.5, 0.6) is 5.75 Å². The Morgan fingerprint density at radius 3 is 2.59 bits per heavy atom. The second kappa shape index (κ2) is 7.40. The first kappa shape index (κ1) is 19.3. The number of para-hydroxylation sites is 1. The topological polar surface area (TPSA) is 76.2 Å². The zero-order chi connectivity index (χ0) is 20.6. The van der Waals surface area contributed by atoms with Crippen LogP contribution >= 0.6 is 11.6 Å². The van der Waals surface area contributed by atoms with Gasteiger partial charge in [-0.05, 0) is 36.4 Å². The number of hydrogen-bond donors (Lipinski definition) is 0. The van der Waals surface area contributed by atoms with Crippen LogP contribution in [-0.4, -0.2) is 48.6 Å². The fourth-order valence-electron chi connectivity index (χ4n) is 3.83. The number of rotatable bonds is 5. The minimum Gasteiger partial charge on any atom is -0.490 e. The number of fused-ring (bicyclic) bond motifs is 3. The Hall–Kier alpha value is -3.06. The van der Waals surface area contributed by atoms with Gasteiger partial charge in [-0.2, -0.15) is 0 Å². The van der Waals surface area contributed by atoms with Crippen LogP contribution in [0.1, 0.15) is 23.2 Å². The van der Waals surface area contributed by atoms with Gasteiger partial charge in [0.15, 0.2) is 0 Å². The van der Waals surface area contributed by atoms with E-state index in [-0.39, 0.29) is 37.9 Å². The number of esters is 1. The molecule has 2 heterocycles. The van der Waals surface area contributed by atoms with Crippen molar-refractivity contribution in [3.05, 3.63) is 59.1 Å². The number of ether oxygens (including phenoxy) is 2. The number of carbonyl (C=O) groups excluding carboxylic acids is 3. The summed E-state index contributed by atoms with van der Waals surface area (Å²) in [6, 6.07) is 13.6. The number of carbonyl (C=O) groups is 3. The molecule has 2 aromatic carbocycles. The quantitative estimate of drug-likeness (QED) is 0.555. The molecule has 150 valence electrons. The van der Waals surface area contributed by atoms with Crippen molar-refractivity contribution in [1.82, 2.24) is 4.90 Å². The zero-order valence-electron chi connectivity index (χ0n) is 15.8. The first-order valence-corrected chi connectivity index (χ1v) is 9.59. The van der Waals surface area contributed by atoms with Gasteiger partial charge in [-0.25, -0.2) is 4.79 Å². The Bertz CT molecular complexity index is 977. The Balaban J connectivity index is 1.51. The van der Waals surface area contributed by atoms with E-state index in [2.05, 4.69) is 0 Å². The van der Waals surface area contributed by atoms with E-state index in [1.165, 1.54) is 16.8 Å². The molecule has 0 spiro atoms. The molecular weight excluding hydrogens is 396 g/mol. The molecular formula is C21H19ClN2O5. The van der Waals surface area contributed by atoms with Gasteiger partial charge in [0.05, 0.1) is 11.3 Å². The van der Waals surface area contributed by atoms with E-state index in [0.29, 0.717) is 22.0 Å². The fraction of sp³-hybridized carbons (Fsp3) is 0.286. The van der Waals surface area contributed by atoms with Gasteiger partial charge in [-0.3, -0.25) is 14.5 Å². The summed E-state index contributed by atoms with van der Waals surface area (Å²) in [6.45, 7) is 0.112. The van der Waals surface area contributed by atoms with Crippen LogP contribution < -0.4 is 9.64 Å². The minimum atomic E-state index is -1.47. The SMILES string of the molecule is CN1C(=O)c2ccccc2N2C(=O)CCC12C(=O)OCCOc1ccc(Cl)cc1. The number of amides is 2. The van der Waals surface area contributed by atoms with Crippen molar-refractivity contribution in [2.75, 3.05) is 25.2 Å². The van der Waals surface area contributed by atoms with Crippen molar-refractivity contribution in [3.63, 3.8) is 0 Å². The van der Waals surface area contributed by atoms with Crippen LogP contribution in [0, 0.1) is 0 Å². The molecule has 2 aromatic rings. The highest BCUT2D eigenvalue weighted by Gasteiger charge is 2.60. The highest BCUT2D eigenvalue weighted by molar-refractivity contribution is 6.30. The predicted octanol–water partition coefficient (Wildman–Crippen LogP) is 2.87. The number of halogens is 1. The average Bonchev–Trinajstić information content (AvgIpc) is 3.09. The van der Waals surface area contributed by atoms with E-state index in [4.69, 9.17) is 21.1 Å². The summed E-state index contributed by atoms with van der Waals surface area (Å²) in [6.07, 6.45) is 0.335. The summed E-state index contributed by atoms with van der Waals surface area (Å²) >= 11 is 5.84. The van der Waals surface area contributed by atoms with Crippen LogP contribution in [0.2, 0.25) is 5.02 Å². The lowest BCUT2D eigenvalue weighted by molar-refractivity contribution is -0.157. The van der Waals surface area contributed by atoms with Gasteiger partial charge in [0.2, 0.25) is 11.6 Å². The molecule has 2 aliphatic heterocycles. The molecule has 2 amide bonds. The molecule has 4 rings (SSSR count). The van der Waals surface area contributed by atoms with Crippen molar-refractivity contribution in [2.24, 2.45) is 0 Å². The first-order valence-electron chi connectivity index (χ1n) is 9.21. The van der Waals surface area contributed by atoms with E-state index in [0.717, 1.165) is 0 Å². The van der Waals surface area contributed by atoms with Gasteiger partial charge >= 0.3 is 5.97 Å². The van der Waals surface area contributed by atoms with E-state index in [9.17, 15) is 14.4 Å². The molecule has 0 saturated carbocycles. The molecule has 2 aliphatic rings. The summed E-state index contributed by atoms with van der Waals surface area (Å²) in [5.74, 6) is -0.583. The minimum absolute atomic E-state index is 0.0189. The molecule has 0 radical (unpaired) electrons. The molecule has 0 aromatic heterocycles. The van der Waals surface area contributed by atoms with Gasteiger partial charge in [-0.1, -0.05) is 23.7 Å². The van der Waals surface area contributed by atoms with Crippen LogP contribution in [0.4, 0.5) is 5.69 Å². The van der Waals surface area contributed by atoms with E-state index < -0.39 is 11.6 Å². The number of hydrogen-bond acceptors (Lipinski definition) is 5. The van der Waals surface area contributed by atoms with Crippen LogP contribution in [0.15, 0.2) is 48.5 Å². The maximum atomic E-state index is 13.1. The number of benzene rings is 2. The molecule has 1 fully saturated rings. The third-order valence-corrected chi connectivity index (χ3v) is 5.52. The molecule has 8 heteroatoms. The zero-order valence-corrected chi connectivity index (χ0v) is 16.5. The van der Waals surface area contributed by atoms with E-state index >= 15 is 0 Å². The Kier molecular flexibility index (Phi) is 4.92. The molecule has 0 bridgehead atoms. The standard InChI is InChI=1S/C21H19ClN2O5/c1-23-19(26)16-4-2-3-5-17(16)24-18(25)10-11-21(23,24)20(27)29-13-12-28-15-8-6-14(22)7-9-15/h2-9H,10-13H2,1H3. The lowest BCUT2D eigenvalue weighted by Gasteiger charge is -2.46. The van der Waals surface area contributed by atoms with Crippen molar-refractivity contribution < 1.29 is 23.9 Å². The molecule has 1 saturated heterocycles. The third-order valence-electron chi connectivity index (χ3n) is 5.27. The molecule has 1 unspecified atom stereocenters. The summed E-state index contributed by atoms with van der Waals surface area (Å²) in [4.78, 5) is 41.3. The summed E-state index contributed by atoms with van der Waals surface area (Å²) in [5, 5.41) is 0.596. The normalized spacial score (nSPS) is 20.3. The van der Waals surface area contributed by atoms with E-state index in [1.807, 2.05) is 0 Å². The first-order chi connectivity index (χ1) is 13.9. The van der Waals surface area contributed by atoms with Gasteiger partial charge in [-0.15, -0.1) is 0 Å². The van der Waals surface area contributed by atoms with Crippen LogP contribution in [0.25, 0.3) is 0 Å². The summed E-state index contributed by atoms with van der Waals surface area (Å²) in [7, 11) is 1.52.